The van der Waals surface area contributed by atoms with Gasteiger partial charge in [0.05, 0.1) is 11.3 Å². The maximum absolute atomic E-state index is 10.9. The number of nitrogens with one attached hydrogen (secondary N) is 1. The molecule has 1 rings (SSSR count). The molecule has 0 fully saturated rings. The quantitative estimate of drug-likeness (QED) is 0.619. The highest BCUT2D eigenvalue weighted by Gasteiger charge is 2.21. The topological polar surface area (TPSA) is 92.5 Å². The van der Waals surface area contributed by atoms with Gasteiger partial charge in [0.2, 0.25) is 0 Å². The molecule has 1 aromatic carbocycles. The Labute approximate surface area is 115 Å². The van der Waals surface area contributed by atoms with Crippen LogP contribution in [0.1, 0.15) is 20.3 Å². The van der Waals surface area contributed by atoms with Crippen LogP contribution in [0.4, 0.5) is 11.4 Å². The van der Waals surface area contributed by atoms with E-state index in [1.54, 1.807) is 0 Å². The Kier molecular flexibility index (Phi) is 5.11. The summed E-state index contributed by atoms with van der Waals surface area (Å²) in [6.07, 6.45) is -0.114. The summed E-state index contributed by atoms with van der Waals surface area (Å²) in [6.45, 7) is 3.70. The third-order valence-electron chi connectivity index (χ3n) is 2.70. The van der Waals surface area contributed by atoms with Crippen molar-refractivity contribution >= 4 is 28.9 Å². The predicted molar refractivity (Wildman–Crippen MR) is 72.6 cm³/mol. The van der Waals surface area contributed by atoms with E-state index >= 15 is 0 Å². The molecule has 0 aromatic heterocycles. The average molecular weight is 287 g/mol. The summed E-state index contributed by atoms with van der Waals surface area (Å²) in [5, 5.41) is 22.9. The van der Waals surface area contributed by atoms with Gasteiger partial charge in [-0.3, -0.25) is 14.9 Å². The molecule has 0 bridgehead atoms. The Bertz CT molecular complexity index is 491. The van der Waals surface area contributed by atoms with Gasteiger partial charge < -0.3 is 10.4 Å². The second-order valence-electron chi connectivity index (χ2n) is 4.51. The first-order chi connectivity index (χ1) is 8.81. The summed E-state index contributed by atoms with van der Waals surface area (Å²) in [4.78, 5) is 21.2. The molecule has 104 valence electrons. The minimum atomic E-state index is -0.956. The van der Waals surface area contributed by atoms with E-state index in [2.05, 4.69) is 5.32 Å². The van der Waals surface area contributed by atoms with Crippen molar-refractivity contribution in [3.05, 3.63) is 33.3 Å². The highest BCUT2D eigenvalue weighted by atomic mass is 35.5. The van der Waals surface area contributed by atoms with Gasteiger partial charge >= 0.3 is 5.97 Å². The van der Waals surface area contributed by atoms with Gasteiger partial charge in [-0.2, -0.15) is 0 Å². The van der Waals surface area contributed by atoms with Gasteiger partial charge in [0.15, 0.2) is 0 Å². The van der Waals surface area contributed by atoms with Gasteiger partial charge in [-0.1, -0.05) is 25.4 Å². The van der Waals surface area contributed by atoms with E-state index in [1.807, 2.05) is 13.8 Å². The Morgan fingerprint density at radius 1 is 1.53 bits per heavy atom. The molecule has 19 heavy (non-hydrogen) atoms. The molecule has 1 atom stereocenters. The van der Waals surface area contributed by atoms with Crippen molar-refractivity contribution in [3.8, 4) is 0 Å². The van der Waals surface area contributed by atoms with Crippen molar-refractivity contribution in [1.29, 1.82) is 0 Å². The lowest BCUT2D eigenvalue weighted by molar-refractivity contribution is -0.384. The van der Waals surface area contributed by atoms with E-state index in [1.165, 1.54) is 18.2 Å². The number of hydrogen-bond donors (Lipinski definition) is 2. The van der Waals surface area contributed by atoms with E-state index in [9.17, 15) is 14.9 Å². The van der Waals surface area contributed by atoms with E-state index in [4.69, 9.17) is 16.7 Å². The zero-order chi connectivity index (χ0) is 14.6. The first-order valence-electron chi connectivity index (χ1n) is 5.73. The van der Waals surface area contributed by atoms with Crippen molar-refractivity contribution in [2.24, 2.45) is 5.92 Å². The summed E-state index contributed by atoms with van der Waals surface area (Å²) in [6, 6.07) is 3.85. The van der Waals surface area contributed by atoms with Crippen LogP contribution in [0.5, 0.6) is 0 Å². The fraction of sp³-hybridized carbons (Fsp3) is 0.417. The van der Waals surface area contributed by atoms with Crippen LogP contribution in [-0.2, 0) is 4.79 Å². The monoisotopic (exact) mass is 286 g/mol. The highest BCUT2D eigenvalue weighted by Crippen LogP contribution is 2.29. The number of carbonyl (C=O) groups is 1. The summed E-state index contributed by atoms with van der Waals surface area (Å²) in [5.74, 6) is -0.936. The maximum Gasteiger partial charge on any atom is 0.305 e. The molecule has 0 amide bonds. The molecule has 0 saturated heterocycles. The van der Waals surface area contributed by atoms with Gasteiger partial charge in [0, 0.05) is 17.1 Å². The van der Waals surface area contributed by atoms with Gasteiger partial charge in [0.1, 0.15) is 5.69 Å². The van der Waals surface area contributed by atoms with Gasteiger partial charge in [-0.15, -0.1) is 0 Å². The Balaban J connectivity index is 3.02. The second-order valence-corrected chi connectivity index (χ2v) is 4.95. The molecule has 0 aliphatic heterocycles. The van der Waals surface area contributed by atoms with Crippen molar-refractivity contribution in [2.45, 2.75) is 26.3 Å². The molecule has 2 N–H and O–H groups in total. The molecule has 0 spiro atoms. The van der Waals surface area contributed by atoms with E-state index in [-0.39, 0.29) is 28.7 Å². The number of carboxylic acids is 1. The van der Waals surface area contributed by atoms with Crippen LogP contribution >= 0.6 is 11.6 Å². The fourth-order valence-corrected chi connectivity index (χ4v) is 1.79. The number of halogens is 1. The van der Waals surface area contributed by atoms with Crippen LogP contribution in [0, 0.1) is 16.0 Å². The largest absolute Gasteiger partial charge is 0.481 e. The number of nitro groups is 1. The Morgan fingerprint density at radius 3 is 2.63 bits per heavy atom. The second kappa shape index (κ2) is 6.38. The molecule has 1 unspecified atom stereocenters. The first-order valence-corrected chi connectivity index (χ1v) is 6.11. The van der Waals surface area contributed by atoms with Crippen LogP contribution < -0.4 is 5.32 Å². The lowest BCUT2D eigenvalue weighted by Crippen LogP contribution is -2.28. The smallest absolute Gasteiger partial charge is 0.305 e. The third kappa shape index (κ3) is 4.40. The molecule has 7 heteroatoms. The van der Waals surface area contributed by atoms with Crippen molar-refractivity contribution < 1.29 is 14.8 Å². The van der Waals surface area contributed by atoms with Gasteiger partial charge in [-0.05, 0) is 18.1 Å². The van der Waals surface area contributed by atoms with Crippen LogP contribution in [0.15, 0.2) is 18.2 Å². The number of carboxylic acid groups (broad SMARTS) is 1. The maximum atomic E-state index is 10.9. The summed E-state index contributed by atoms with van der Waals surface area (Å²) in [5.41, 5.74) is 0.109. The lowest BCUT2D eigenvalue weighted by Gasteiger charge is -2.21. The molecule has 0 saturated carbocycles. The number of nitrogens with zero attached hydrogens (tertiary/aromatic N) is 1. The van der Waals surface area contributed by atoms with Gasteiger partial charge in [-0.25, -0.2) is 0 Å². The molecule has 0 aliphatic carbocycles. The molecular formula is C12H15ClN2O4. The fourth-order valence-electron chi connectivity index (χ4n) is 1.62. The van der Waals surface area contributed by atoms with E-state index in [0.29, 0.717) is 0 Å². The molecule has 0 aliphatic rings. The normalized spacial score (nSPS) is 12.2. The molecule has 1 aromatic rings. The van der Waals surface area contributed by atoms with E-state index in [0.717, 1.165) is 0 Å². The molecular weight excluding hydrogens is 272 g/mol. The summed E-state index contributed by atoms with van der Waals surface area (Å²) in [7, 11) is 0. The van der Waals surface area contributed by atoms with Crippen LogP contribution in [0.25, 0.3) is 0 Å². The number of anilines is 1. The minimum absolute atomic E-state index is 0.0198. The zero-order valence-corrected chi connectivity index (χ0v) is 11.3. The first kappa shape index (κ1) is 15.2. The lowest BCUT2D eigenvalue weighted by atomic mass is 10.0. The van der Waals surface area contributed by atoms with Crippen molar-refractivity contribution in [3.63, 3.8) is 0 Å². The summed E-state index contributed by atoms with van der Waals surface area (Å²) >= 11 is 5.72. The predicted octanol–water partition coefficient (Wildman–Crippen LogP) is 3.16. The standard InChI is InChI=1S/C12H15ClN2O4/c1-7(2)10(6-12(16)17)14-9-4-3-8(13)5-11(9)15(18)19/h3-5,7,10,14H,6H2,1-2H3,(H,16,17). The average Bonchev–Trinajstić information content (AvgIpc) is 2.29. The SMILES string of the molecule is CC(C)C(CC(=O)O)Nc1ccc(Cl)cc1[N+](=O)[O-]. The number of aliphatic carboxylic acids is 1. The molecule has 0 heterocycles. The van der Waals surface area contributed by atoms with E-state index < -0.39 is 16.9 Å². The third-order valence-corrected chi connectivity index (χ3v) is 2.93. The summed E-state index contributed by atoms with van der Waals surface area (Å²) < 4.78 is 0. The molecule has 6 nitrogen and oxygen atoms in total. The molecule has 0 radical (unpaired) electrons. The number of rotatable bonds is 6. The number of benzene rings is 1. The van der Waals surface area contributed by atoms with Crippen LogP contribution in [0.2, 0.25) is 5.02 Å². The minimum Gasteiger partial charge on any atom is -0.481 e. The number of nitro benzene ring substituents is 1. The van der Waals surface area contributed by atoms with Crippen LogP contribution in [0.3, 0.4) is 0 Å². The van der Waals surface area contributed by atoms with Crippen molar-refractivity contribution in [2.75, 3.05) is 5.32 Å². The van der Waals surface area contributed by atoms with Crippen molar-refractivity contribution in [1.82, 2.24) is 0 Å². The van der Waals surface area contributed by atoms with Gasteiger partial charge in [0.25, 0.3) is 5.69 Å². The number of hydrogen-bond acceptors (Lipinski definition) is 4. The van der Waals surface area contributed by atoms with Crippen LogP contribution in [-0.4, -0.2) is 22.0 Å². The highest BCUT2D eigenvalue weighted by molar-refractivity contribution is 6.30. The Morgan fingerprint density at radius 2 is 2.16 bits per heavy atom. The zero-order valence-electron chi connectivity index (χ0n) is 10.6. The Hall–Kier alpha value is -1.82.